The number of ether oxygens (including phenoxy) is 2. The Bertz CT molecular complexity index is 1380. The Kier molecular flexibility index (Phi) is 9.93. The van der Waals surface area contributed by atoms with Gasteiger partial charge in [-0.1, -0.05) is 11.3 Å². The lowest BCUT2D eigenvalue weighted by molar-refractivity contribution is -0.384. The van der Waals surface area contributed by atoms with Gasteiger partial charge in [-0.2, -0.15) is 4.99 Å². The average molecular weight is 572 g/mol. The Labute approximate surface area is 222 Å². The third-order valence-electron chi connectivity index (χ3n) is 5.61. The summed E-state index contributed by atoms with van der Waals surface area (Å²) in [7, 11) is -4.13. The number of carbonyl (C=O) groups excluding carboxylic acids is 3. The summed E-state index contributed by atoms with van der Waals surface area (Å²) < 4.78 is 37.7. The van der Waals surface area contributed by atoms with E-state index in [1.165, 1.54) is 28.0 Å². The fourth-order valence-electron chi connectivity index (χ4n) is 3.79. The second kappa shape index (κ2) is 12.9. The van der Waals surface area contributed by atoms with Crippen LogP contribution in [0.25, 0.3) is 10.2 Å². The van der Waals surface area contributed by atoms with E-state index in [1.54, 1.807) is 11.5 Å². The van der Waals surface area contributed by atoms with Gasteiger partial charge in [0.25, 0.3) is 11.6 Å². The lowest BCUT2D eigenvalue weighted by atomic mass is 10.3. The summed E-state index contributed by atoms with van der Waals surface area (Å²) in [6.45, 7) is 5.50. The molecule has 1 aliphatic heterocycles. The third-order valence-corrected chi connectivity index (χ3v) is 8.02. The highest BCUT2D eigenvalue weighted by Gasteiger charge is 2.29. The Morgan fingerprint density at radius 1 is 1.08 bits per heavy atom. The highest BCUT2D eigenvalue weighted by molar-refractivity contribution is 7.92. The van der Waals surface area contributed by atoms with E-state index < -0.39 is 44.2 Å². The molecule has 2 aromatic rings. The second-order valence-electron chi connectivity index (χ2n) is 8.25. The van der Waals surface area contributed by atoms with Crippen LogP contribution in [0.5, 0.6) is 0 Å². The summed E-state index contributed by atoms with van der Waals surface area (Å²) in [5, 5.41) is 11.1. The van der Waals surface area contributed by atoms with Gasteiger partial charge in [0.2, 0.25) is 5.91 Å². The fraction of sp³-hybridized carbons (Fsp3) is 0.545. The number of piperazine rings is 1. The van der Waals surface area contributed by atoms with Crippen LogP contribution in [0.1, 0.15) is 13.8 Å². The van der Waals surface area contributed by atoms with Crippen LogP contribution in [0.4, 0.5) is 10.5 Å². The number of amides is 3. The molecule has 3 amide bonds. The topological polar surface area (TPSA) is 171 Å². The first-order chi connectivity index (χ1) is 18.0. The zero-order valence-electron chi connectivity index (χ0n) is 21.0. The van der Waals surface area contributed by atoms with Crippen LogP contribution in [-0.4, -0.2) is 103 Å². The zero-order valence-corrected chi connectivity index (χ0v) is 22.7. The zero-order chi connectivity index (χ0) is 27.9. The first-order valence-corrected chi connectivity index (χ1v) is 14.5. The summed E-state index contributed by atoms with van der Waals surface area (Å²) in [5.74, 6) is -3.46. The second-order valence-corrected chi connectivity index (χ2v) is 11.3. The molecule has 0 spiro atoms. The number of benzene rings is 1. The van der Waals surface area contributed by atoms with Crippen molar-refractivity contribution in [1.82, 2.24) is 14.4 Å². The standard InChI is InChI=1S/C22H29N5O9S2/c1-3-35-12-11-26-17-6-5-16(27(31)32)13-18(17)37-21(26)23-19(28)14-38(33,34)15-20(29)24-7-9-25(10-8-24)22(30)36-4-2/h5-6,13H,3-4,7-12,14-15H2,1-2H3. The van der Waals surface area contributed by atoms with Gasteiger partial charge in [-0.15, -0.1) is 0 Å². The molecule has 1 fully saturated rings. The number of nitro groups is 1. The molecular weight excluding hydrogens is 542 g/mol. The number of nitrogens with zero attached hydrogens (tertiary/aromatic N) is 5. The van der Waals surface area contributed by atoms with E-state index in [0.717, 1.165) is 11.3 Å². The summed E-state index contributed by atoms with van der Waals surface area (Å²) in [4.78, 5) is 54.5. The van der Waals surface area contributed by atoms with Gasteiger partial charge in [-0.3, -0.25) is 19.7 Å². The first-order valence-electron chi connectivity index (χ1n) is 11.9. The molecule has 1 saturated heterocycles. The number of hydrogen-bond donors (Lipinski definition) is 0. The molecule has 0 N–H and O–H groups in total. The molecule has 16 heteroatoms. The van der Waals surface area contributed by atoms with Crippen LogP contribution >= 0.6 is 11.3 Å². The van der Waals surface area contributed by atoms with Crippen molar-refractivity contribution in [2.45, 2.75) is 20.4 Å². The van der Waals surface area contributed by atoms with E-state index in [2.05, 4.69) is 4.99 Å². The number of thiazole rings is 1. The molecule has 0 saturated carbocycles. The molecule has 0 aliphatic carbocycles. The van der Waals surface area contributed by atoms with Crippen molar-refractivity contribution < 1.29 is 37.2 Å². The van der Waals surface area contributed by atoms with Gasteiger partial charge in [0.05, 0.1) is 28.4 Å². The van der Waals surface area contributed by atoms with Gasteiger partial charge >= 0.3 is 6.09 Å². The van der Waals surface area contributed by atoms with E-state index in [1.807, 2.05) is 6.92 Å². The Morgan fingerprint density at radius 3 is 2.39 bits per heavy atom. The Morgan fingerprint density at radius 2 is 1.76 bits per heavy atom. The van der Waals surface area contributed by atoms with Gasteiger partial charge < -0.3 is 23.8 Å². The largest absolute Gasteiger partial charge is 0.450 e. The minimum atomic E-state index is -4.13. The van der Waals surface area contributed by atoms with Crippen molar-refractivity contribution in [3.8, 4) is 0 Å². The molecule has 0 unspecified atom stereocenters. The molecule has 0 atom stereocenters. The number of fused-ring (bicyclic) bond motifs is 1. The van der Waals surface area contributed by atoms with Crippen LogP contribution < -0.4 is 4.80 Å². The predicted molar refractivity (Wildman–Crippen MR) is 137 cm³/mol. The molecular formula is C22H29N5O9S2. The van der Waals surface area contributed by atoms with E-state index in [-0.39, 0.29) is 49.9 Å². The van der Waals surface area contributed by atoms with Gasteiger partial charge in [0, 0.05) is 51.5 Å². The molecule has 38 heavy (non-hydrogen) atoms. The molecule has 3 rings (SSSR count). The Hall–Kier alpha value is -3.37. The molecule has 1 aromatic heterocycles. The number of non-ortho nitro benzene ring substituents is 1. The monoisotopic (exact) mass is 571 g/mol. The molecule has 14 nitrogen and oxygen atoms in total. The molecule has 1 aromatic carbocycles. The molecule has 2 heterocycles. The number of rotatable bonds is 10. The van der Waals surface area contributed by atoms with Gasteiger partial charge in [-0.25, -0.2) is 13.2 Å². The summed E-state index contributed by atoms with van der Waals surface area (Å²) >= 11 is 1.01. The van der Waals surface area contributed by atoms with Crippen LogP contribution in [-0.2, 0) is 35.4 Å². The quantitative estimate of drug-likeness (QED) is 0.227. The van der Waals surface area contributed by atoms with Crippen molar-refractivity contribution in [3.63, 3.8) is 0 Å². The first kappa shape index (κ1) is 29.2. The average Bonchev–Trinajstić information content (AvgIpc) is 3.19. The lowest BCUT2D eigenvalue weighted by Gasteiger charge is -2.34. The maximum atomic E-state index is 12.6. The van der Waals surface area contributed by atoms with Crippen molar-refractivity contribution in [2.75, 3.05) is 57.5 Å². The maximum absolute atomic E-state index is 12.6. The highest BCUT2D eigenvalue weighted by atomic mass is 32.2. The van der Waals surface area contributed by atoms with Crippen molar-refractivity contribution in [1.29, 1.82) is 0 Å². The molecule has 208 valence electrons. The van der Waals surface area contributed by atoms with E-state index in [0.29, 0.717) is 23.4 Å². The molecule has 0 bridgehead atoms. The summed E-state index contributed by atoms with van der Waals surface area (Å²) in [5.41, 5.74) is 0.463. The van der Waals surface area contributed by atoms with Gasteiger partial charge in [-0.05, 0) is 19.9 Å². The van der Waals surface area contributed by atoms with Crippen molar-refractivity contribution in [2.24, 2.45) is 4.99 Å². The lowest BCUT2D eigenvalue weighted by Crippen LogP contribution is -2.52. The summed E-state index contributed by atoms with van der Waals surface area (Å²) in [6, 6.07) is 4.23. The highest BCUT2D eigenvalue weighted by Crippen LogP contribution is 2.23. The van der Waals surface area contributed by atoms with Gasteiger partial charge in [0.1, 0.15) is 11.5 Å². The Balaban J connectivity index is 1.71. The smallest absolute Gasteiger partial charge is 0.409 e. The molecule has 1 aliphatic rings. The summed E-state index contributed by atoms with van der Waals surface area (Å²) in [6.07, 6.45) is -0.492. The SMILES string of the molecule is CCOCCn1c(=NC(=O)CS(=O)(=O)CC(=O)N2CCN(C(=O)OCC)CC2)sc2cc([N+](=O)[O-])ccc21. The number of hydrogen-bond acceptors (Lipinski definition) is 10. The number of nitro benzene ring substituents is 1. The number of sulfone groups is 1. The van der Waals surface area contributed by atoms with Crippen molar-refractivity contribution in [3.05, 3.63) is 33.1 Å². The van der Waals surface area contributed by atoms with E-state index in [9.17, 15) is 32.9 Å². The third kappa shape index (κ3) is 7.58. The fourth-order valence-corrected chi connectivity index (χ4v) is 6.00. The van der Waals surface area contributed by atoms with Crippen LogP contribution in [0.3, 0.4) is 0 Å². The number of aromatic nitrogens is 1. The normalized spacial score (nSPS) is 14.6. The predicted octanol–water partition coefficient (Wildman–Crippen LogP) is 0.790. The molecule has 0 radical (unpaired) electrons. The van der Waals surface area contributed by atoms with Crippen LogP contribution in [0.15, 0.2) is 23.2 Å². The number of carbonyl (C=O) groups is 3. The van der Waals surface area contributed by atoms with E-state index >= 15 is 0 Å². The van der Waals surface area contributed by atoms with Gasteiger partial charge in [0.15, 0.2) is 14.6 Å². The van der Waals surface area contributed by atoms with Crippen LogP contribution in [0, 0.1) is 10.1 Å². The minimum Gasteiger partial charge on any atom is -0.450 e. The van der Waals surface area contributed by atoms with Crippen LogP contribution in [0.2, 0.25) is 0 Å². The van der Waals surface area contributed by atoms with Crippen molar-refractivity contribution >= 4 is 55.0 Å². The minimum absolute atomic E-state index is 0.127. The van der Waals surface area contributed by atoms with E-state index in [4.69, 9.17) is 9.47 Å². The maximum Gasteiger partial charge on any atom is 0.409 e.